The van der Waals surface area contributed by atoms with E-state index in [0.717, 1.165) is 36.8 Å². The lowest BCUT2D eigenvalue weighted by atomic mass is 10.1. The van der Waals surface area contributed by atoms with Crippen molar-refractivity contribution >= 4 is 39.1 Å². The number of hydrogen-bond acceptors (Lipinski definition) is 4. The number of nitrogens with zero attached hydrogens (tertiary/aromatic N) is 2. The number of carbonyl (C=O) groups is 2. The molecule has 0 aliphatic heterocycles. The summed E-state index contributed by atoms with van der Waals surface area (Å²) in [5.41, 5.74) is 3.60. The third-order valence-corrected chi connectivity index (χ3v) is 10.0. The quantitative estimate of drug-likeness (QED) is 0.275. The maximum atomic E-state index is 14.3. The van der Waals surface area contributed by atoms with Crippen molar-refractivity contribution < 1.29 is 18.0 Å². The Kier molecular flexibility index (Phi) is 10.3. The third-order valence-electron chi connectivity index (χ3n) is 7.91. The van der Waals surface area contributed by atoms with Gasteiger partial charge < -0.3 is 10.2 Å². The zero-order chi connectivity index (χ0) is 30.4. The summed E-state index contributed by atoms with van der Waals surface area (Å²) in [5.74, 6) is -0.718. The van der Waals surface area contributed by atoms with Crippen LogP contribution in [0.25, 0.3) is 0 Å². The van der Waals surface area contributed by atoms with Crippen molar-refractivity contribution in [1.29, 1.82) is 0 Å². The van der Waals surface area contributed by atoms with E-state index in [1.54, 1.807) is 42.5 Å². The summed E-state index contributed by atoms with van der Waals surface area (Å²) in [6.45, 7) is 7.04. The molecule has 2 amide bonds. The number of benzene rings is 3. The second kappa shape index (κ2) is 13.7. The van der Waals surface area contributed by atoms with Crippen LogP contribution >= 0.6 is 11.6 Å². The molecule has 1 aliphatic carbocycles. The lowest BCUT2D eigenvalue weighted by Crippen LogP contribution is -2.53. The highest BCUT2D eigenvalue weighted by molar-refractivity contribution is 7.92. The highest BCUT2D eigenvalue weighted by Crippen LogP contribution is 2.29. The molecule has 0 unspecified atom stereocenters. The van der Waals surface area contributed by atoms with Gasteiger partial charge in [-0.2, -0.15) is 0 Å². The molecule has 0 heterocycles. The Balaban J connectivity index is 1.75. The molecular formula is C33H40ClN3O4S. The first kappa shape index (κ1) is 31.6. The monoisotopic (exact) mass is 609 g/mol. The molecular weight excluding hydrogens is 570 g/mol. The minimum absolute atomic E-state index is 0.0698. The van der Waals surface area contributed by atoms with Crippen molar-refractivity contribution in [3.05, 3.63) is 94.0 Å². The Morgan fingerprint density at radius 3 is 2.24 bits per heavy atom. The van der Waals surface area contributed by atoms with E-state index in [-0.39, 0.29) is 23.4 Å². The largest absolute Gasteiger partial charge is 0.352 e. The average molecular weight is 610 g/mol. The number of sulfonamides is 1. The number of nitrogens with one attached hydrogen (secondary N) is 1. The van der Waals surface area contributed by atoms with Crippen molar-refractivity contribution in [3.63, 3.8) is 0 Å². The smallest absolute Gasteiger partial charge is 0.264 e. The van der Waals surface area contributed by atoms with Crippen LogP contribution in [0.1, 0.15) is 61.3 Å². The van der Waals surface area contributed by atoms with E-state index in [0.29, 0.717) is 28.3 Å². The molecule has 3 aromatic carbocycles. The number of hydrogen-bond donors (Lipinski definition) is 1. The number of anilines is 1. The number of carbonyl (C=O) groups excluding carboxylic acids is 2. The molecule has 0 saturated heterocycles. The van der Waals surface area contributed by atoms with E-state index in [2.05, 4.69) is 5.32 Å². The second-order valence-corrected chi connectivity index (χ2v) is 13.4. The molecule has 1 aliphatic rings. The van der Waals surface area contributed by atoms with Crippen LogP contribution in [-0.2, 0) is 26.2 Å². The lowest BCUT2D eigenvalue weighted by Gasteiger charge is -2.34. The van der Waals surface area contributed by atoms with Crippen LogP contribution < -0.4 is 9.62 Å². The summed E-state index contributed by atoms with van der Waals surface area (Å²) in [6, 6.07) is 18.6. The summed E-state index contributed by atoms with van der Waals surface area (Å²) < 4.78 is 29.4. The second-order valence-electron chi connectivity index (χ2n) is 11.1. The summed E-state index contributed by atoms with van der Waals surface area (Å²) in [4.78, 5) is 29.5. The Morgan fingerprint density at radius 1 is 0.952 bits per heavy atom. The van der Waals surface area contributed by atoms with E-state index in [1.807, 2.05) is 52.0 Å². The predicted octanol–water partition coefficient (Wildman–Crippen LogP) is 6.33. The minimum atomic E-state index is -4.13. The molecule has 1 saturated carbocycles. The molecule has 0 aromatic heterocycles. The fraction of sp³-hybridized carbons (Fsp3) is 0.394. The van der Waals surface area contributed by atoms with Gasteiger partial charge in [0.15, 0.2) is 0 Å². The van der Waals surface area contributed by atoms with Crippen LogP contribution in [0.3, 0.4) is 0 Å². The van der Waals surface area contributed by atoms with Crippen molar-refractivity contribution in [3.8, 4) is 0 Å². The van der Waals surface area contributed by atoms with Crippen LogP contribution in [0.4, 0.5) is 5.69 Å². The topological polar surface area (TPSA) is 86.8 Å². The van der Waals surface area contributed by atoms with Gasteiger partial charge in [-0.05, 0) is 81.0 Å². The Bertz CT molecular complexity index is 1520. The summed E-state index contributed by atoms with van der Waals surface area (Å²) >= 11 is 6.50. The molecule has 0 spiro atoms. The first-order valence-corrected chi connectivity index (χ1v) is 16.3. The lowest BCUT2D eigenvalue weighted by molar-refractivity contribution is -0.140. The fourth-order valence-corrected chi connectivity index (χ4v) is 7.10. The van der Waals surface area contributed by atoms with E-state index in [1.165, 1.54) is 9.21 Å². The van der Waals surface area contributed by atoms with Crippen molar-refractivity contribution in [2.24, 2.45) is 0 Å². The normalized spacial score (nSPS) is 14.4. The highest BCUT2D eigenvalue weighted by atomic mass is 35.5. The number of rotatable bonds is 11. The summed E-state index contributed by atoms with van der Waals surface area (Å²) in [5, 5.41) is 3.60. The van der Waals surface area contributed by atoms with Gasteiger partial charge in [-0.15, -0.1) is 0 Å². The van der Waals surface area contributed by atoms with E-state index in [9.17, 15) is 18.0 Å². The average Bonchev–Trinajstić information content (AvgIpc) is 3.47. The Morgan fingerprint density at radius 2 is 1.60 bits per heavy atom. The molecule has 3 aromatic rings. The van der Waals surface area contributed by atoms with Gasteiger partial charge in [0.1, 0.15) is 12.6 Å². The zero-order valence-corrected chi connectivity index (χ0v) is 26.3. The van der Waals surface area contributed by atoms with Crippen LogP contribution in [0.15, 0.2) is 71.6 Å². The molecule has 7 nitrogen and oxygen atoms in total. The number of aryl methyl sites for hydroxylation is 3. The van der Waals surface area contributed by atoms with Crippen LogP contribution in [0.2, 0.25) is 5.02 Å². The van der Waals surface area contributed by atoms with E-state index in [4.69, 9.17) is 11.6 Å². The highest BCUT2D eigenvalue weighted by Gasteiger charge is 2.35. The molecule has 1 fully saturated rings. The maximum absolute atomic E-state index is 14.3. The molecule has 4 rings (SSSR count). The van der Waals surface area contributed by atoms with Crippen LogP contribution in [-0.4, -0.2) is 43.8 Å². The standard InChI is InChI=1S/C33H40ClN3O4S/c1-5-30(33(39)35-27-11-7-8-12-27)36(21-26-10-6-9-13-29(26)34)32(38)22-37(31-20-24(3)14-17-25(31)4)42(40,41)28-18-15-23(2)16-19-28/h6,9-10,13-20,27,30H,5,7-8,11-12,21-22H2,1-4H3,(H,35,39)/t30-/m1/s1. The van der Waals surface area contributed by atoms with Crippen molar-refractivity contribution in [2.45, 2.75) is 83.3 Å². The molecule has 9 heteroatoms. The van der Waals surface area contributed by atoms with Crippen molar-refractivity contribution in [2.75, 3.05) is 10.8 Å². The number of halogens is 1. The van der Waals surface area contributed by atoms with Crippen LogP contribution in [0, 0.1) is 20.8 Å². The van der Waals surface area contributed by atoms with Gasteiger partial charge in [0.05, 0.1) is 10.6 Å². The maximum Gasteiger partial charge on any atom is 0.264 e. The summed E-state index contributed by atoms with van der Waals surface area (Å²) in [7, 11) is -4.13. The third kappa shape index (κ3) is 7.34. The van der Waals surface area contributed by atoms with E-state index < -0.39 is 28.5 Å². The number of amides is 2. The van der Waals surface area contributed by atoms with Gasteiger partial charge in [0.2, 0.25) is 11.8 Å². The van der Waals surface area contributed by atoms with Crippen molar-refractivity contribution in [1.82, 2.24) is 10.2 Å². The van der Waals surface area contributed by atoms with Gasteiger partial charge in [-0.25, -0.2) is 8.42 Å². The zero-order valence-electron chi connectivity index (χ0n) is 24.8. The molecule has 42 heavy (non-hydrogen) atoms. The Labute approximate surface area is 254 Å². The molecule has 224 valence electrons. The predicted molar refractivity (Wildman–Crippen MR) is 168 cm³/mol. The van der Waals surface area contributed by atoms with Gasteiger partial charge in [0, 0.05) is 17.6 Å². The van der Waals surface area contributed by atoms with Gasteiger partial charge in [-0.3, -0.25) is 13.9 Å². The minimum Gasteiger partial charge on any atom is -0.352 e. The first-order valence-electron chi connectivity index (χ1n) is 14.5. The van der Waals surface area contributed by atoms with Gasteiger partial charge >= 0.3 is 0 Å². The molecule has 0 radical (unpaired) electrons. The van der Waals surface area contributed by atoms with Gasteiger partial charge in [-0.1, -0.05) is 79.4 Å². The van der Waals surface area contributed by atoms with E-state index >= 15 is 0 Å². The van der Waals surface area contributed by atoms with Crippen LogP contribution in [0.5, 0.6) is 0 Å². The SMILES string of the molecule is CC[C@H](C(=O)NC1CCCC1)N(Cc1ccccc1Cl)C(=O)CN(c1cc(C)ccc1C)S(=O)(=O)c1ccc(C)cc1. The van der Waals surface area contributed by atoms with Gasteiger partial charge in [0.25, 0.3) is 10.0 Å². The Hall–Kier alpha value is -3.36. The molecule has 1 atom stereocenters. The molecule has 0 bridgehead atoms. The fourth-order valence-electron chi connectivity index (χ4n) is 5.44. The first-order chi connectivity index (χ1) is 20.0. The molecule has 1 N–H and O–H groups in total. The summed E-state index contributed by atoms with van der Waals surface area (Å²) in [6.07, 6.45) is 4.31.